The Hall–Kier alpha value is -0.930. The van der Waals surface area contributed by atoms with E-state index in [1.807, 2.05) is 0 Å². The van der Waals surface area contributed by atoms with Crippen LogP contribution < -0.4 is 11.1 Å². The molecule has 1 aromatic heterocycles. The molecular formula is C7H10ClF3N4OS. The third-order valence-corrected chi connectivity index (χ3v) is 2.30. The number of nitrogens with one attached hydrogen (secondary N) is 1. The lowest BCUT2D eigenvalue weighted by Crippen LogP contribution is -2.32. The molecule has 5 nitrogen and oxygen atoms in total. The van der Waals surface area contributed by atoms with Crippen LogP contribution in [0.15, 0.2) is 0 Å². The Balaban J connectivity index is 0.00000256. The van der Waals surface area contributed by atoms with E-state index in [0.717, 1.165) is 0 Å². The number of carbonyl (C=O) groups excluding carboxylic acids is 1. The zero-order valence-electron chi connectivity index (χ0n) is 8.61. The van der Waals surface area contributed by atoms with Crippen molar-refractivity contribution in [1.29, 1.82) is 0 Å². The summed E-state index contributed by atoms with van der Waals surface area (Å²) in [6.45, 7) is 1.45. The van der Waals surface area contributed by atoms with Crippen LogP contribution in [0.4, 0.5) is 18.3 Å². The predicted octanol–water partition coefficient (Wildman–Crippen LogP) is 1.35. The minimum absolute atomic E-state index is 0. The molecular weight excluding hydrogens is 281 g/mol. The van der Waals surface area contributed by atoms with Gasteiger partial charge in [0.15, 0.2) is 0 Å². The highest BCUT2D eigenvalue weighted by atomic mass is 35.5. The Bertz CT molecular complexity index is 381. The number of amides is 1. The van der Waals surface area contributed by atoms with Gasteiger partial charge in [0, 0.05) is 0 Å². The summed E-state index contributed by atoms with van der Waals surface area (Å²) >= 11 is 0.676. The van der Waals surface area contributed by atoms with Gasteiger partial charge < -0.3 is 5.73 Å². The van der Waals surface area contributed by atoms with Crippen molar-refractivity contribution < 1.29 is 18.0 Å². The Labute approximate surface area is 105 Å². The predicted molar refractivity (Wildman–Crippen MR) is 59.2 cm³/mol. The van der Waals surface area contributed by atoms with Crippen LogP contribution in [0.5, 0.6) is 0 Å². The topological polar surface area (TPSA) is 80.9 Å². The fourth-order valence-corrected chi connectivity index (χ4v) is 1.54. The molecule has 0 radical (unpaired) electrons. The average molecular weight is 291 g/mol. The summed E-state index contributed by atoms with van der Waals surface area (Å²) in [5.41, 5.74) is 5.26. The summed E-state index contributed by atoms with van der Waals surface area (Å²) in [6.07, 6.45) is -5.49. The minimum atomic E-state index is -4.33. The quantitative estimate of drug-likeness (QED) is 0.880. The maximum atomic E-state index is 12.0. The van der Waals surface area contributed by atoms with E-state index in [-0.39, 0.29) is 22.5 Å². The van der Waals surface area contributed by atoms with Gasteiger partial charge >= 0.3 is 6.18 Å². The number of alkyl halides is 3. The molecule has 0 bridgehead atoms. The van der Waals surface area contributed by atoms with Crippen molar-refractivity contribution in [2.75, 3.05) is 5.32 Å². The second-order valence-corrected chi connectivity index (χ2v) is 4.13. The van der Waals surface area contributed by atoms with E-state index in [1.165, 1.54) is 6.92 Å². The molecule has 10 heteroatoms. The molecule has 1 heterocycles. The lowest BCUT2D eigenvalue weighted by molar-refractivity contribution is -0.127. The summed E-state index contributed by atoms with van der Waals surface area (Å²) in [5, 5.41) is 8.79. The zero-order valence-corrected chi connectivity index (χ0v) is 10.2. The van der Waals surface area contributed by atoms with E-state index in [4.69, 9.17) is 5.73 Å². The van der Waals surface area contributed by atoms with Crippen molar-refractivity contribution in [3.8, 4) is 0 Å². The minimum Gasteiger partial charge on any atom is -0.320 e. The second kappa shape index (κ2) is 6.12. The molecule has 1 atom stereocenters. The van der Waals surface area contributed by atoms with Gasteiger partial charge in [-0.2, -0.15) is 13.2 Å². The molecule has 0 fully saturated rings. The van der Waals surface area contributed by atoms with Crippen molar-refractivity contribution in [2.45, 2.75) is 25.6 Å². The third-order valence-electron chi connectivity index (χ3n) is 1.46. The van der Waals surface area contributed by atoms with Crippen LogP contribution in [0.2, 0.25) is 0 Å². The van der Waals surface area contributed by atoms with E-state index in [1.54, 1.807) is 0 Å². The summed E-state index contributed by atoms with van der Waals surface area (Å²) in [6, 6.07) is -0.755. The monoisotopic (exact) mass is 290 g/mol. The number of carbonyl (C=O) groups is 1. The molecule has 0 aliphatic rings. The standard InChI is InChI=1S/C7H9F3N4OS.ClH/c1-3(11)5(15)12-6-14-13-4(16-6)2-7(8,9)10;/h3H,2,11H2,1H3,(H,12,14,15);1H/t3-;/m1./s1. The van der Waals surface area contributed by atoms with E-state index < -0.39 is 24.5 Å². The molecule has 0 unspecified atom stereocenters. The van der Waals surface area contributed by atoms with Crippen molar-refractivity contribution >= 4 is 34.8 Å². The average Bonchev–Trinajstić information content (AvgIpc) is 2.49. The van der Waals surface area contributed by atoms with Gasteiger partial charge in [-0.3, -0.25) is 10.1 Å². The number of aromatic nitrogens is 2. The van der Waals surface area contributed by atoms with Gasteiger partial charge in [0.1, 0.15) is 5.01 Å². The smallest absolute Gasteiger partial charge is 0.320 e. The maximum absolute atomic E-state index is 12.0. The highest BCUT2D eigenvalue weighted by Crippen LogP contribution is 2.24. The highest BCUT2D eigenvalue weighted by Gasteiger charge is 2.30. The van der Waals surface area contributed by atoms with E-state index in [9.17, 15) is 18.0 Å². The molecule has 1 rings (SSSR count). The zero-order chi connectivity index (χ0) is 12.3. The maximum Gasteiger partial charge on any atom is 0.395 e. The van der Waals surface area contributed by atoms with Crippen LogP contribution in [-0.2, 0) is 11.2 Å². The number of nitrogens with zero attached hydrogens (tertiary/aromatic N) is 2. The van der Waals surface area contributed by atoms with Crippen LogP contribution in [0.25, 0.3) is 0 Å². The number of halogens is 4. The summed E-state index contributed by atoms with van der Waals surface area (Å²) in [5.74, 6) is -0.519. The summed E-state index contributed by atoms with van der Waals surface area (Å²) in [4.78, 5) is 11.1. The van der Waals surface area contributed by atoms with Gasteiger partial charge in [-0.05, 0) is 6.92 Å². The van der Waals surface area contributed by atoms with Crippen molar-refractivity contribution in [3.05, 3.63) is 5.01 Å². The Morgan fingerprint density at radius 3 is 2.59 bits per heavy atom. The number of anilines is 1. The van der Waals surface area contributed by atoms with Crippen molar-refractivity contribution in [1.82, 2.24) is 10.2 Å². The van der Waals surface area contributed by atoms with Gasteiger partial charge in [-0.1, -0.05) is 11.3 Å². The van der Waals surface area contributed by atoms with Crippen LogP contribution >= 0.6 is 23.7 Å². The fourth-order valence-electron chi connectivity index (χ4n) is 0.766. The Morgan fingerprint density at radius 2 is 2.12 bits per heavy atom. The van der Waals surface area contributed by atoms with Crippen LogP contribution in [0.1, 0.15) is 11.9 Å². The first-order valence-electron chi connectivity index (χ1n) is 4.23. The SMILES string of the molecule is C[C@@H](N)C(=O)Nc1nnc(CC(F)(F)F)s1.Cl. The molecule has 0 saturated carbocycles. The molecule has 3 N–H and O–H groups in total. The Morgan fingerprint density at radius 1 is 1.53 bits per heavy atom. The molecule has 98 valence electrons. The molecule has 0 spiro atoms. The highest BCUT2D eigenvalue weighted by molar-refractivity contribution is 7.15. The fraction of sp³-hybridized carbons (Fsp3) is 0.571. The first-order valence-corrected chi connectivity index (χ1v) is 5.05. The molecule has 0 saturated heterocycles. The summed E-state index contributed by atoms with van der Waals surface area (Å²) < 4.78 is 35.9. The number of nitrogens with two attached hydrogens (primary N) is 1. The summed E-state index contributed by atoms with van der Waals surface area (Å²) in [7, 11) is 0. The van der Waals surface area contributed by atoms with Gasteiger partial charge in [0.2, 0.25) is 11.0 Å². The normalized spacial score (nSPS) is 12.8. The van der Waals surface area contributed by atoms with Crippen molar-refractivity contribution in [2.24, 2.45) is 5.73 Å². The van der Waals surface area contributed by atoms with E-state index in [0.29, 0.717) is 11.3 Å². The molecule has 0 aliphatic carbocycles. The molecule has 17 heavy (non-hydrogen) atoms. The van der Waals surface area contributed by atoms with Crippen LogP contribution in [0, 0.1) is 0 Å². The third kappa shape index (κ3) is 5.80. The second-order valence-electron chi connectivity index (χ2n) is 3.07. The Kier molecular flexibility index (Phi) is 5.79. The lowest BCUT2D eigenvalue weighted by Gasteiger charge is -2.03. The van der Waals surface area contributed by atoms with Gasteiger partial charge in [-0.25, -0.2) is 0 Å². The molecule has 0 aliphatic heterocycles. The molecule has 1 amide bonds. The van der Waals surface area contributed by atoms with Crippen LogP contribution in [-0.4, -0.2) is 28.3 Å². The largest absolute Gasteiger partial charge is 0.395 e. The van der Waals surface area contributed by atoms with Gasteiger partial charge in [0.05, 0.1) is 12.5 Å². The first-order chi connectivity index (χ1) is 7.28. The number of hydrogen-bond donors (Lipinski definition) is 2. The number of hydrogen-bond acceptors (Lipinski definition) is 5. The van der Waals surface area contributed by atoms with Crippen LogP contribution in [0.3, 0.4) is 0 Å². The first kappa shape index (κ1) is 16.1. The van der Waals surface area contributed by atoms with Gasteiger partial charge in [0.25, 0.3) is 0 Å². The van der Waals surface area contributed by atoms with E-state index in [2.05, 4.69) is 15.5 Å². The van der Waals surface area contributed by atoms with Crippen molar-refractivity contribution in [3.63, 3.8) is 0 Å². The lowest BCUT2D eigenvalue weighted by atomic mass is 10.3. The van der Waals surface area contributed by atoms with E-state index >= 15 is 0 Å². The number of rotatable bonds is 3. The van der Waals surface area contributed by atoms with Gasteiger partial charge in [-0.15, -0.1) is 22.6 Å². The molecule has 0 aromatic carbocycles. The molecule has 1 aromatic rings.